The first kappa shape index (κ1) is 26.8. The third-order valence-corrected chi connectivity index (χ3v) is 6.25. The van der Waals surface area contributed by atoms with Gasteiger partial charge >= 0.3 is 0 Å². The minimum Gasteiger partial charge on any atom is -0.381 e. The molecule has 3 aromatic heterocycles. The van der Waals surface area contributed by atoms with E-state index in [1.54, 1.807) is 62.8 Å². The molecule has 5 aromatic rings. The average Bonchev–Trinajstić information content (AvgIpc) is 3.27. The molecule has 0 aliphatic carbocycles. The van der Waals surface area contributed by atoms with Gasteiger partial charge in [-0.05, 0) is 43.3 Å². The number of nitrogens with two attached hydrogens (primary N) is 1. The summed E-state index contributed by atoms with van der Waals surface area (Å²) in [5.74, 6) is 6.29. The van der Waals surface area contributed by atoms with E-state index in [1.165, 1.54) is 21.5 Å². The lowest BCUT2D eigenvalue weighted by atomic mass is 10.1. The lowest BCUT2D eigenvalue weighted by molar-refractivity contribution is 0.0939. The van der Waals surface area contributed by atoms with Crippen LogP contribution in [0, 0.1) is 11.8 Å². The zero-order chi connectivity index (χ0) is 28.9. The fourth-order valence-corrected chi connectivity index (χ4v) is 4.40. The van der Waals surface area contributed by atoms with Crippen LogP contribution in [0.2, 0.25) is 0 Å². The third kappa shape index (κ3) is 5.37. The summed E-state index contributed by atoms with van der Waals surface area (Å²) in [5.41, 5.74) is 8.15. The van der Waals surface area contributed by atoms with Gasteiger partial charge < -0.3 is 11.1 Å². The number of allylic oxidation sites excluding steroid dienone is 1. The summed E-state index contributed by atoms with van der Waals surface area (Å²) in [7, 11) is 1.64. The number of aryl methyl sites for hydroxylation is 1. The number of rotatable bonds is 6. The van der Waals surface area contributed by atoms with Gasteiger partial charge in [-0.15, -0.1) is 0 Å². The highest BCUT2D eigenvalue weighted by molar-refractivity contribution is 6.03. The summed E-state index contributed by atoms with van der Waals surface area (Å²) < 4.78 is 2.91. The number of nitrogens with zero attached hydrogens (tertiary/aromatic N) is 6. The minimum absolute atomic E-state index is 0.0252. The van der Waals surface area contributed by atoms with Gasteiger partial charge in [0.1, 0.15) is 11.4 Å². The Kier molecular flexibility index (Phi) is 7.52. The molecule has 0 fully saturated rings. The van der Waals surface area contributed by atoms with Crippen molar-refractivity contribution in [3.05, 3.63) is 119 Å². The molecule has 41 heavy (non-hydrogen) atoms. The Labute approximate surface area is 235 Å². The second-order valence-electron chi connectivity index (χ2n) is 9.05. The van der Waals surface area contributed by atoms with Crippen molar-refractivity contribution in [1.29, 1.82) is 0 Å². The molecule has 0 bridgehead atoms. The number of para-hydroxylation sites is 1. The number of hydrogen-bond donors (Lipinski definition) is 2. The van der Waals surface area contributed by atoms with Gasteiger partial charge in [-0.1, -0.05) is 48.8 Å². The summed E-state index contributed by atoms with van der Waals surface area (Å²) in [6.45, 7) is 5.36. The van der Waals surface area contributed by atoms with Crippen LogP contribution in [0.4, 0.5) is 11.6 Å². The number of aromatic nitrogens is 5. The zero-order valence-electron chi connectivity index (χ0n) is 22.4. The van der Waals surface area contributed by atoms with Crippen molar-refractivity contribution in [3.63, 3.8) is 0 Å². The molecular weight excluding hydrogens is 516 g/mol. The Morgan fingerprint density at radius 3 is 2.66 bits per heavy atom. The number of nitrogens with one attached hydrogen (secondary N) is 1. The molecule has 10 heteroatoms. The van der Waals surface area contributed by atoms with Gasteiger partial charge in [-0.2, -0.15) is 5.10 Å². The molecule has 5 rings (SSSR count). The molecule has 0 aliphatic rings. The number of aliphatic imine (C=N–C) groups is 1. The summed E-state index contributed by atoms with van der Waals surface area (Å²) in [5, 5.41) is 7.42. The van der Waals surface area contributed by atoms with Crippen LogP contribution in [0.15, 0.2) is 95.5 Å². The molecule has 202 valence electrons. The van der Waals surface area contributed by atoms with Crippen LogP contribution in [-0.4, -0.2) is 36.4 Å². The van der Waals surface area contributed by atoms with Crippen LogP contribution in [0.3, 0.4) is 0 Å². The van der Waals surface area contributed by atoms with Crippen molar-refractivity contribution < 1.29 is 4.79 Å². The summed E-state index contributed by atoms with van der Waals surface area (Å²) >= 11 is 0. The molecule has 0 spiro atoms. The van der Waals surface area contributed by atoms with E-state index >= 15 is 0 Å². The maximum absolute atomic E-state index is 14.1. The molecule has 2 aromatic carbocycles. The molecule has 0 aliphatic heterocycles. The zero-order valence-corrected chi connectivity index (χ0v) is 22.4. The van der Waals surface area contributed by atoms with E-state index in [0.717, 1.165) is 5.56 Å². The maximum atomic E-state index is 14.1. The summed E-state index contributed by atoms with van der Waals surface area (Å²) in [6, 6.07) is 17.4. The standard InChI is InChI=1S/C31H26N8O2/c1-4-17-34-29-26(27(32)37-38(29)3)30(40)35-20(2)28-36-24-14-8-11-22(16-15-21-10-9-18-33-19-21)25(24)31(41)39(28)23-12-6-5-7-13-23/h4-14,17-20H,1H2,2-3H3,(H2,32,37)(H,35,40)/b34-17-. The van der Waals surface area contributed by atoms with Crippen LogP contribution >= 0.6 is 0 Å². The Morgan fingerprint density at radius 2 is 1.93 bits per heavy atom. The number of carbonyl (C=O) groups excluding carboxylic acids is 1. The topological polar surface area (TPSA) is 133 Å². The maximum Gasteiger partial charge on any atom is 0.267 e. The lowest BCUT2D eigenvalue weighted by Crippen LogP contribution is -2.33. The van der Waals surface area contributed by atoms with Gasteiger partial charge in [-0.25, -0.2) is 14.7 Å². The summed E-state index contributed by atoms with van der Waals surface area (Å²) in [6.07, 6.45) is 6.26. The second kappa shape index (κ2) is 11.5. The van der Waals surface area contributed by atoms with Crippen molar-refractivity contribution in [3.8, 4) is 17.5 Å². The van der Waals surface area contributed by atoms with E-state index in [-0.39, 0.29) is 22.8 Å². The van der Waals surface area contributed by atoms with Crippen LogP contribution < -0.4 is 16.6 Å². The van der Waals surface area contributed by atoms with Gasteiger partial charge in [0.15, 0.2) is 11.6 Å². The van der Waals surface area contributed by atoms with E-state index in [4.69, 9.17) is 10.7 Å². The largest absolute Gasteiger partial charge is 0.381 e. The number of fused-ring (bicyclic) bond motifs is 1. The number of amides is 1. The fourth-order valence-electron chi connectivity index (χ4n) is 4.40. The highest BCUT2D eigenvalue weighted by atomic mass is 16.2. The van der Waals surface area contributed by atoms with Gasteiger partial charge in [0.2, 0.25) is 0 Å². The second-order valence-corrected chi connectivity index (χ2v) is 9.05. The van der Waals surface area contributed by atoms with E-state index < -0.39 is 11.9 Å². The molecule has 1 atom stereocenters. The van der Waals surface area contributed by atoms with Crippen molar-refractivity contribution >= 4 is 34.7 Å². The van der Waals surface area contributed by atoms with Gasteiger partial charge in [0.25, 0.3) is 11.5 Å². The Bertz CT molecular complexity index is 1910. The Hall–Kier alpha value is -5.82. The number of nitrogen functional groups attached to an aromatic ring is 1. The number of hydrogen-bond acceptors (Lipinski definition) is 7. The molecule has 0 saturated heterocycles. The van der Waals surface area contributed by atoms with Gasteiger partial charge in [0.05, 0.1) is 22.6 Å². The molecule has 10 nitrogen and oxygen atoms in total. The molecular formula is C31H26N8O2. The smallest absolute Gasteiger partial charge is 0.267 e. The Balaban J connectivity index is 1.63. The number of pyridine rings is 1. The van der Waals surface area contributed by atoms with E-state index in [9.17, 15) is 9.59 Å². The summed E-state index contributed by atoms with van der Waals surface area (Å²) in [4.78, 5) is 40.8. The normalized spacial score (nSPS) is 11.7. The van der Waals surface area contributed by atoms with Crippen molar-refractivity contribution in [2.24, 2.45) is 12.0 Å². The first-order valence-electron chi connectivity index (χ1n) is 12.7. The molecule has 3 heterocycles. The molecule has 1 unspecified atom stereocenters. The van der Waals surface area contributed by atoms with Crippen LogP contribution in [0.1, 0.15) is 40.3 Å². The minimum atomic E-state index is -0.708. The number of carbonyl (C=O) groups is 1. The van der Waals surface area contributed by atoms with E-state index in [2.05, 4.69) is 38.8 Å². The van der Waals surface area contributed by atoms with Crippen LogP contribution in [-0.2, 0) is 7.05 Å². The average molecular weight is 543 g/mol. The van der Waals surface area contributed by atoms with Crippen LogP contribution in [0.5, 0.6) is 0 Å². The predicted molar refractivity (Wildman–Crippen MR) is 159 cm³/mol. The third-order valence-electron chi connectivity index (χ3n) is 6.25. The van der Waals surface area contributed by atoms with Crippen molar-refractivity contribution in [2.75, 3.05) is 5.73 Å². The monoisotopic (exact) mass is 542 g/mol. The lowest BCUT2D eigenvalue weighted by Gasteiger charge is -2.20. The highest BCUT2D eigenvalue weighted by Crippen LogP contribution is 2.26. The molecule has 1 amide bonds. The van der Waals surface area contributed by atoms with E-state index in [0.29, 0.717) is 28.0 Å². The molecule has 0 saturated carbocycles. The quantitative estimate of drug-likeness (QED) is 0.247. The van der Waals surface area contributed by atoms with Crippen molar-refractivity contribution in [1.82, 2.24) is 29.6 Å². The highest BCUT2D eigenvalue weighted by Gasteiger charge is 2.25. The number of anilines is 1. The van der Waals surface area contributed by atoms with Gasteiger partial charge in [0, 0.05) is 36.8 Å². The van der Waals surface area contributed by atoms with E-state index in [1.807, 2.05) is 24.3 Å². The number of benzene rings is 2. The predicted octanol–water partition coefficient (Wildman–Crippen LogP) is 3.88. The molecule has 3 N–H and O–H groups in total. The van der Waals surface area contributed by atoms with Crippen LogP contribution in [0.25, 0.3) is 16.6 Å². The first-order chi connectivity index (χ1) is 19.9. The Morgan fingerprint density at radius 1 is 1.12 bits per heavy atom. The SMILES string of the molecule is C=C/C=N\c1c(C(=O)NC(C)c2nc3cccc(C#Cc4cccnc4)c3c(=O)n2-c2ccccc2)c(N)nn1C. The fraction of sp³-hybridized carbons (Fsp3) is 0.0968. The molecule has 0 radical (unpaired) electrons. The first-order valence-corrected chi connectivity index (χ1v) is 12.7. The van der Waals surface area contributed by atoms with Gasteiger partial charge in [-0.3, -0.25) is 19.1 Å². The van der Waals surface area contributed by atoms with Crippen molar-refractivity contribution in [2.45, 2.75) is 13.0 Å².